The van der Waals surface area contributed by atoms with Crippen LogP contribution in [0.15, 0.2) is 72.8 Å². The summed E-state index contributed by atoms with van der Waals surface area (Å²) < 4.78 is 20.0. The van der Waals surface area contributed by atoms with Crippen molar-refractivity contribution < 1.29 is 13.9 Å². The molecule has 1 aliphatic rings. The molecule has 0 spiro atoms. The van der Waals surface area contributed by atoms with E-state index in [2.05, 4.69) is 44.2 Å². The zero-order valence-corrected chi connectivity index (χ0v) is 18.6. The molecule has 0 N–H and O–H groups in total. The molecular formula is C28H33FO2. The molecule has 1 aliphatic carbocycles. The fourth-order valence-corrected chi connectivity index (χ4v) is 4.12. The summed E-state index contributed by atoms with van der Waals surface area (Å²) >= 11 is 0. The van der Waals surface area contributed by atoms with E-state index in [0.29, 0.717) is 11.5 Å². The Labute approximate surface area is 185 Å². The van der Waals surface area contributed by atoms with Gasteiger partial charge >= 0.3 is 0 Å². The summed E-state index contributed by atoms with van der Waals surface area (Å²) in [6, 6.07) is 14.1. The Bertz CT molecular complexity index is 897. The third kappa shape index (κ3) is 6.40. The van der Waals surface area contributed by atoms with Gasteiger partial charge in [0, 0.05) is 11.5 Å². The summed E-state index contributed by atoms with van der Waals surface area (Å²) in [4.78, 5) is 13.5. The number of carbonyl (C=O) groups is 1. The molecule has 3 heteroatoms. The van der Waals surface area contributed by atoms with Crippen LogP contribution < -0.4 is 4.74 Å². The number of para-hydroxylation sites is 1. The van der Waals surface area contributed by atoms with Crippen molar-refractivity contribution in [2.75, 3.05) is 0 Å². The molecule has 0 saturated carbocycles. The quantitative estimate of drug-likeness (QED) is 0.378. The van der Waals surface area contributed by atoms with Crippen LogP contribution in [0.5, 0.6) is 5.75 Å². The van der Waals surface area contributed by atoms with E-state index in [1.165, 1.54) is 12.1 Å². The first-order valence-electron chi connectivity index (χ1n) is 11.5. The number of hydrogen-bond acceptors (Lipinski definition) is 2. The summed E-state index contributed by atoms with van der Waals surface area (Å²) in [5.74, 6) is 0.859. The van der Waals surface area contributed by atoms with Crippen LogP contribution in [0.3, 0.4) is 0 Å². The van der Waals surface area contributed by atoms with E-state index in [-0.39, 0.29) is 17.5 Å². The third-order valence-electron chi connectivity index (χ3n) is 6.00. The fraction of sp³-hybridized carbons (Fsp3) is 0.393. The van der Waals surface area contributed by atoms with E-state index in [1.807, 2.05) is 18.2 Å². The normalized spacial score (nSPS) is 17.3. The lowest BCUT2D eigenvalue weighted by Crippen LogP contribution is -2.26. The number of unbranched alkanes of at least 4 members (excludes halogenated alkanes) is 1. The lowest BCUT2D eigenvalue weighted by Gasteiger charge is -2.25. The number of halogens is 1. The molecule has 2 nitrogen and oxygen atoms in total. The van der Waals surface area contributed by atoms with Crippen LogP contribution in [-0.4, -0.2) is 5.78 Å². The van der Waals surface area contributed by atoms with E-state index in [9.17, 15) is 9.18 Å². The second kappa shape index (κ2) is 11.6. The number of allylic oxidation sites excluding steroid dienone is 4. The number of hydrogen-bond donors (Lipinski definition) is 0. The first-order chi connectivity index (χ1) is 15.1. The monoisotopic (exact) mass is 420 g/mol. The molecule has 0 fully saturated rings. The van der Waals surface area contributed by atoms with Gasteiger partial charge in [-0.05, 0) is 55.4 Å². The van der Waals surface area contributed by atoms with Gasteiger partial charge in [0.05, 0.1) is 0 Å². The summed E-state index contributed by atoms with van der Waals surface area (Å²) in [6.45, 7) is 4.19. The SMILES string of the molecule is CCCCC(CC)C(=O)C(Oc1ccccc1C[C@H]1C=CC=CC1)c1ccc(F)cc1. The highest BCUT2D eigenvalue weighted by atomic mass is 19.1. The predicted molar refractivity (Wildman–Crippen MR) is 125 cm³/mol. The Morgan fingerprint density at radius 1 is 1.10 bits per heavy atom. The molecule has 3 rings (SSSR count). The van der Waals surface area contributed by atoms with Gasteiger partial charge in [-0.3, -0.25) is 4.79 Å². The smallest absolute Gasteiger partial charge is 0.182 e. The number of ether oxygens (including phenoxy) is 1. The van der Waals surface area contributed by atoms with Gasteiger partial charge in [-0.15, -0.1) is 0 Å². The minimum Gasteiger partial charge on any atom is -0.478 e. The van der Waals surface area contributed by atoms with E-state index >= 15 is 0 Å². The minimum absolute atomic E-state index is 0.0615. The Morgan fingerprint density at radius 2 is 1.87 bits per heavy atom. The zero-order valence-electron chi connectivity index (χ0n) is 18.6. The Balaban J connectivity index is 1.88. The molecule has 0 aromatic heterocycles. The zero-order chi connectivity index (χ0) is 22.1. The number of ketones is 1. The van der Waals surface area contributed by atoms with Crippen LogP contribution in [-0.2, 0) is 11.2 Å². The lowest BCUT2D eigenvalue weighted by atomic mass is 9.89. The maximum atomic E-state index is 13.6. The molecule has 0 amide bonds. The molecule has 164 valence electrons. The summed E-state index contributed by atoms with van der Waals surface area (Å²) in [5, 5.41) is 0. The number of benzene rings is 2. The molecule has 31 heavy (non-hydrogen) atoms. The highest BCUT2D eigenvalue weighted by molar-refractivity contribution is 5.87. The minimum atomic E-state index is -0.731. The van der Waals surface area contributed by atoms with E-state index in [1.54, 1.807) is 12.1 Å². The van der Waals surface area contributed by atoms with Crippen molar-refractivity contribution in [3.8, 4) is 5.75 Å². The van der Waals surface area contributed by atoms with Crippen molar-refractivity contribution in [1.29, 1.82) is 0 Å². The Morgan fingerprint density at radius 3 is 2.55 bits per heavy atom. The first-order valence-corrected chi connectivity index (χ1v) is 11.5. The second-order valence-corrected chi connectivity index (χ2v) is 8.32. The summed E-state index contributed by atoms with van der Waals surface area (Å²) in [7, 11) is 0. The van der Waals surface area contributed by atoms with E-state index in [0.717, 1.165) is 49.8 Å². The van der Waals surface area contributed by atoms with E-state index < -0.39 is 6.10 Å². The topological polar surface area (TPSA) is 26.3 Å². The second-order valence-electron chi connectivity index (χ2n) is 8.32. The average Bonchev–Trinajstić information content (AvgIpc) is 2.80. The fourth-order valence-electron chi connectivity index (χ4n) is 4.12. The van der Waals surface area contributed by atoms with Crippen LogP contribution in [0.2, 0.25) is 0 Å². The van der Waals surface area contributed by atoms with Crippen LogP contribution in [0, 0.1) is 17.7 Å². The molecule has 0 heterocycles. The van der Waals surface area contributed by atoms with Crippen molar-refractivity contribution in [1.82, 2.24) is 0 Å². The molecule has 2 aromatic rings. The van der Waals surface area contributed by atoms with Crippen LogP contribution >= 0.6 is 0 Å². The maximum absolute atomic E-state index is 13.6. The van der Waals surface area contributed by atoms with Gasteiger partial charge in [0.2, 0.25) is 0 Å². The van der Waals surface area contributed by atoms with Crippen molar-refractivity contribution in [3.05, 3.63) is 89.8 Å². The third-order valence-corrected chi connectivity index (χ3v) is 6.00. The van der Waals surface area contributed by atoms with Crippen LogP contribution in [0.4, 0.5) is 4.39 Å². The maximum Gasteiger partial charge on any atom is 0.182 e. The van der Waals surface area contributed by atoms with Gasteiger partial charge in [-0.1, -0.05) is 81.3 Å². The molecule has 2 unspecified atom stereocenters. The Hall–Kier alpha value is -2.68. The van der Waals surface area contributed by atoms with Crippen molar-refractivity contribution in [3.63, 3.8) is 0 Å². The summed E-state index contributed by atoms with van der Waals surface area (Å²) in [6.07, 6.45) is 13.4. The number of carbonyl (C=O) groups excluding carboxylic acids is 1. The van der Waals surface area contributed by atoms with Gasteiger partial charge in [0.1, 0.15) is 11.6 Å². The number of rotatable bonds is 11. The molecule has 0 aliphatic heterocycles. The van der Waals surface area contributed by atoms with Gasteiger partial charge in [-0.2, -0.15) is 0 Å². The molecule has 0 bridgehead atoms. The molecule has 0 saturated heterocycles. The van der Waals surface area contributed by atoms with Crippen LogP contribution in [0.25, 0.3) is 0 Å². The van der Waals surface area contributed by atoms with Gasteiger partial charge in [0.15, 0.2) is 11.9 Å². The first kappa shape index (κ1) is 23.0. The molecular weight excluding hydrogens is 387 g/mol. The number of Topliss-reactive ketones (excluding diaryl/α,β-unsaturated/α-hetero) is 1. The van der Waals surface area contributed by atoms with Crippen molar-refractivity contribution in [2.45, 2.75) is 58.5 Å². The van der Waals surface area contributed by atoms with Crippen LogP contribution in [0.1, 0.15) is 63.2 Å². The molecule has 2 aromatic carbocycles. The highest BCUT2D eigenvalue weighted by Crippen LogP contribution is 2.32. The van der Waals surface area contributed by atoms with E-state index in [4.69, 9.17) is 4.74 Å². The lowest BCUT2D eigenvalue weighted by molar-refractivity contribution is -0.130. The van der Waals surface area contributed by atoms with Gasteiger partial charge in [0.25, 0.3) is 0 Å². The standard InChI is InChI=1S/C28H33FO2/c1-3-5-13-22(4-2)27(30)28(23-16-18-25(29)19-17-23)31-26-15-10-9-14-24(26)20-21-11-7-6-8-12-21/h6-11,14-19,21-22,28H,3-5,12-13,20H2,1-2H3/t21-,22?,28?/m0/s1. The predicted octanol–water partition coefficient (Wildman–Crippen LogP) is 7.41. The molecule has 0 radical (unpaired) electrons. The average molecular weight is 421 g/mol. The van der Waals surface area contributed by atoms with Crippen molar-refractivity contribution >= 4 is 5.78 Å². The van der Waals surface area contributed by atoms with Crippen molar-refractivity contribution in [2.24, 2.45) is 11.8 Å². The Kier molecular flexibility index (Phi) is 8.63. The summed E-state index contributed by atoms with van der Waals surface area (Å²) in [5.41, 5.74) is 1.80. The largest absolute Gasteiger partial charge is 0.478 e. The molecule has 3 atom stereocenters. The van der Waals surface area contributed by atoms with Gasteiger partial charge in [-0.25, -0.2) is 4.39 Å². The highest BCUT2D eigenvalue weighted by Gasteiger charge is 2.29. The van der Waals surface area contributed by atoms with Gasteiger partial charge < -0.3 is 4.74 Å².